The van der Waals surface area contributed by atoms with Gasteiger partial charge in [0.05, 0.1) is 0 Å². The van der Waals surface area contributed by atoms with Crippen LogP contribution >= 0.6 is 11.7 Å². The van der Waals surface area contributed by atoms with Crippen LogP contribution in [0.1, 0.15) is 6.92 Å². The molecule has 0 amide bonds. The highest BCUT2D eigenvalue weighted by Gasteiger charge is 1.94. The summed E-state index contributed by atoms with van der Waals surface area (Å²) < 4.78 is 22.1. The summed E-state index contributed by atoms with van der Waals surface area (Å²) in [6.45, 7) is 2.08. The van der Waals surface area contributed by atoms with Crippen molar-refractivity contribution in [2.24, 2.45) is 0 Å². The van der Waals surface area contributed by atoms with Gasteiger partial charge in [-0.1, -0.05) is 6.92 Å². The Morgan fingerprint density at radius 3 is 2.14 bits per heavy atom. The van der Waals surface area contributed by atoms with Gasteiger partial charge in [-0.05, 0) is 11.7 Å². The molecule has 5 heteroatoms. The average Bonchev–Trinajstić information content (AvgIpc) is 1.30. The summed E-state index contributed by atoms with van der Waals surface area (Å²) in [6, 6.07) is 0. The average molecular weight is 141 g/mol. The van der Waals surface area contributed by atoms with Crippen LogP contribution in [0.2, 0.25) is 0 Å². The summed E-state index contributed by atoms with van der Waals surface area (Å²) in [4.78, 5) is 0. The molecule has 0 aliphatic carbocycles. The lowest BCUT2D eigenvalue weighted by Gasteiger charge is -1.90. The van der Waals surface area contributed by atoms with Crippen molar-refractivity contribution in [2.45, 2.75) is 6.92 Å². The topological polar surface area (TPSA) is 46.2 Å². The van der Waals surface area contributed by atoms with E-state index < -0.39 is 9.06 Å². The summed E-state index contributed by atoms with van der Waals surface area (Å²) in [5, 5.41) is 0. The van der Waals surface area contributed by atoms with Crippen molar-refractivity contribution in [2.75, 3.05) is 6.54 Å². The van der Waals surface area contributed by atoms with E-state index in [1.807, 2.05) is 0 Å². The Labute approximate surface area is 48.0 Å². The fraction of sp³-hybridized carbons (Fsp3) is 1.00. The molecule has 0 atom stereocenters. The molecule has 0 heterocycles. The highest BCUT2D eigenvalue weighted by atomic mass is 33.1. The summed E-state index contributed by atoms with van der Waals surface area (Å²) in [6.07, 6.45) is 0. The molecule has 0 radical (unpaired) electrons. The summed E-state index contributed by atoms with van der Waals surface area (Å²) in [7, 11) is -3.23. The molecule has 0 aromatic carbocycles. The molecule has 0 aromatic heterocycles. The van der Waals surface area contributed by atoms with Crippen LogP contribution in [-0.2, 0) is 9.06 Å². The summed E-state index contributed by atoms with van der Waals surface area (Å²) in [5.41, 5.74) is 0. The van der Waals surface area contributed by atoms with Crippen molar-refractivity contribution >= 4 is 20.7 Å². The second kappa shape index (κ2) is 2.54. The highest BCUT2D eigenvalue weighted by Crippen LogP contribution is 1.84. The van der Waals surface area contributed by atoms with Crippen molar-refractivity contribution in [3.05, 3.63) is 0 Å². The van der Waals surface area contributed by atoms with Gasteiger partial charge < -0.3 is 0 Å². The standard InChI is InChI=1S/C2H7NO2S2/c1-2-3-7(4,5)6/h3H,2H2,1H3,(H,4,5,6). The molecule has 7 heavy (non-hydrogen) atoms. The van der Waals surface area contributed by atoms with Crippen molar-refractivity contribution < 1.29 is 8.42 Å². The van der Waals surface area contributed by atoms with Crippen LogP contribution < -0.4 is 4.72 Å². The zero-order chi connectivity index (χ0) is 5.91. The predicted octanol–water partition coefficient (Wildman–Crippen LogP) is -0.230. The minimum absolute atomic E-state index is 0.395. The molecule has 0 aliphatic heterocycles. The lowest BCUT2D eigenvalue weighted by atomic mass is 10.8. The van der Waals surface area contributed by atoms with E-state index in [9.17, 15) is 8.42 Å². The van der Waals surface area contributed by atoms with Crippen molar-refractivity contribution in [1.29, 1.82) is 0 Å². The van der Waals surface area contributed by atoms with Crippen molar-refractivity contribution in [1.82, 2.24) is 4.72 Å². The van der Waals surface area contributed by atoms with Gasteiger partial charge in [0.2, 0.25) is 0 Å². The maximum Gasteiger partial charge on any atom is 0.261 e. The Morgan fingerprint density at radius 2 is 2.14 bits per heavy atom. The Kier molecular flexibility index (Phi) is 2.63. The lowest BCUT2D eigenvalue weighted by molar-refractivity contribution is 0.600. The van der Waals surface area contributed by atoms with Crippen LogP contribution in [0.5, 0.6) is 0 Å². The molecule has 0 saturated carbocycles. The van der Waals surface area contributed by atoms with Crippen LogP contribution in [-0.4, -0.2) is 15.0 Å². The maximum atomic E-state index is 9.98. The van der Waals surface area contributed by atoms with E-state index in [1.54, 1.807) is 6.92 Å². The molecule has 0 unspecified atom stereocenters. The SMILES string of the molecule is CCNS(=O)(=O)S. The summed E-state index contributed by atoms with van der Waals surface area (Å²) in [5.74, 6) is 0. The minimum atomic E-state index is -3.23. The quantitative estimate of drug-likeness (QED) is 0.412. The minimum Gasteiger partial charge on any atom is -0.207 e. The number of hydrogen-bond donors (Lipinski definition) is 2. The van der Waals surface area contributed by atoms with Crippen molar-refractivity contribution in [3.63, 3.8) is 0 Å². The van der Waals surface area contributed by atoms with Gasteiger partial charge in [0.15, 0.2) is 0 Å². The molecule has 1 N–H and O–H groups in total. The van der Waals surface area contributed by atoms with Gasteiger partial charge in [-0.25, -0.2) is 13.1 Å². The molecule has 0 bridgehead atoms. The van der Waals surface area contributed by atoms with Gasteiger partial charge in [-0.2, -0.15) is 0 Å². The van der Waals surface area contributed by atoms with E-state index in [0.717, 1.165) is 0 Å². The zero-order valence-corrected chi connectivity index (χ0v) is 5.59. The smallest absolute Gasteiger partial charge is 0.207 e. The van der Waals surface area contributed by atoms with Crippen LogP contribution in [0, 0.1) is 0 Å². The first-order valence-electron chi connectivity index (χ1n) is 1.78. The van der Waals surface area contributed by atoms with Gasteiger partial charge in [-0.3, -0.25) is 0 Å². The number of hydrogen-bond acceptors (Lipinski definition) is 2. The first kappa shape index (κ1) is 7.26. The van der Waals surface area contributed by atoms with Gasteiger partial charge in [-0.15, -0.1) is 0 Å². The fourth-order valence-electron chi connectivity index (χ4n) is 0.182. The second-order valence-corrected chi connectivity index (χ2v) is 3.65. The number of thiol groups is 1. The normalized spacial score (nSPS) is 11.7. The van der Waals surface area contributed by atoms with Crippen LogP contribution in [0.25, 0.3) is 0 Å². The van der Waals surface area contributed by atoms with E-state index in [2.05, 4.69) is 16.4 Å². The zero-order valence-electron chi connectivity index (χ0n) is 3.88. The third-order valence-corrected chi connectivity index (χ3v) is 1.37. The second-order valence-electron chi connectivity index (χ2n) is 0.973. The summed E-state index contributed by atoms with van der Waals surface area (Å²) >= 11 is 3.20. The van der Waals surface area contributed by atoms with Gasteiger partial charge in [0.25, 0.3) is 9.06 Å². The largest absolute Gasteiger partial charge is 0.261 e. The Hall–Kier alpha value is 0.260. The Bertz CT molecular complexity index is 127. The van der Waals surface area contributed by atoms with Gasteiger partial charge in [0.1, 0.15) is 0 Å². The highest BCUT2D eigenvalue weighted by molar-refractivity contribution is 8.62. The first-order valence-corrected chi connectivity index (χ1v) is 4.32. The molecule has 0 rings (SSSR count). The van der Waals surface area contributed by atoms with E-state index in [1.165, 1.54) is 0 Å². The molecule has 0 aromatic rings. The van der Waals surface area contributed by atoms with E-state index in [0.29, 0.717) is 6.54 Å². The molecule has 0 spiro atoms. The van der Waals surface area contributed by atoms with E-state index in [-0.39, 0.29) is 0 Å². The van der Waals surface area contributed by atoms with Crippen LogP contribution in [0.3, 0.4) is 0 Å². The van der Waals surface area contributed by atoms with E-state index >= 15 is 0 Å². The fourth-order valence-corrected chi connectivity index (χ4v) is 0.935. The number of rotatable bonds is 2. The van der Waals surface area contributed by atoms with E-state index in [4.69, 9.17) is 0 Å². The molecular formula is C2H7NO2S2. The molecule has 3 nitrogen and oxygen atoms in total. The molecular weight excluding hydrogens is 134 g/mol. The Morgan fingerprint density at radius 1 is 1.71 bits per heavy atom. The molecule has 0 saturated heterocycles. The number of nitrogens with one attached hydrogen (secondary N) is 1. The monoisotopic (exact) mass is 141 g/mol. The third-order valence-electron chi connectivity index (χ3n) is 0.327. The third kappa shape index (κ3) is 6.26. The van der Waals surface area contributed by atoms with Crippen molar-refractivity contribution in [3.8, 4) is 0 Å². The molecule has 44 valence electrons. The van der Waals surface area contributed by atoms with Gasteiger partial charge >= 0.3 is 0 Å². The predicted molar refractivity (Wildman–Crippen MR) is 31.6 cm³/mol. The van der Waals surface area contributed by atoms with Gasteiger partial charge in [0, 0.05) is 6.54 Å². The lowest BCUT2D eigenvalue weighted by Crippen LogP contribution is -2.16. The van der Waals surface area contributed by atoms with Crippen LogP contribution in [0.15, 0.2) is 0 Å². The maximum absolute atomic E-state index is 9.98. The Balaban J connectivity index is 3.60. The molecule has 0 aliphatic rings. The van der Waals surface area contributed by atoms with Crippen LogP contribution in [0.4, 0.5) is 0 Å². The molecule has 0 fully saturated rings. The first-order chi connectivity index (χ1) is 3.06.